The SMILES string of the molecule is CNC(=O)[C@@H](C)N(CCc1ccccc1)C(=O)CN(c1ccccc1OC)S(=O)(=O)c1ccccc1. The summed E-state index contributed by atoms with van der Waals surface area (Å²) in [7, 11) is -1.19. The summed E-state index contributed by atoms with van der Waals surface area (Å²) < 4.78 is 33.9. The van der Waals surface area contributed by atoms with Crippen molar-refractivity contribution in [1.29, 1.82) is 0 Å². The zero-order chi connectivity index (χ0) is 26.1. The molecule has 0 aliphatic carbocycles. The number of hydrogen-bond donors (Lipinski definition) is 1. The van der Waals surface area contributed by atoms with Gasteiger partial charge in [-0.25, -0.2) is 8.42 Å². The van der Waals surface area contributed by atoms with Crippen molar-refractivity contribution in [2.24, 2.45) is 0 Å². The van der Waals surface area contributed by atoms with Gasteiger partial charge in [0.15, 0.2) is 0 Å². The van der Waals surface area contributed by atoms with E-state index < -0.39 is 28.5 Å². The molecule has 0 saturated heterocycles. The highest BCUT2D eigenvalue weighted by molar-refractivity contribution is 7.92. The van der Waals surface area contributed by atoms with Crippen molar-refractivity contribution in [2.45, 2.75) is 24.3 Å². The van der Waals surface area contributed by atoms with Crippen LogP contribution in [0.25, 0.3) is 0 Å². The number of methoxy groups -OCH3 is 1. The normalized spacial score (nSPS) is 11.9. The number of para-hydroxylation sites is 2. The predicted molar refractivity (Wildman–Crippen MR) is 139 cm³/mol. The fourth-order valence-corrected chi connectivity index (χ4v) is 5.29. The van der Waals surface area contributed by atoms with Crippen molar-refractivity contribution in [3.8, 4) is 5.75 Å². The molecule has 0 fully saturated rings. The van der Waals surface area contributed by atoms with E-state index >= 15 is 0 Å². The molecule has 1 atom stereocenters. The molecule has 0 unspecified atom stereocenters. The Labute approximate surface area is 212 Å². The first-order chi connectivity index (χ1) is 17.3. The van der Waals surface area contributed by atoms with Crippen molar-refractivity contribution in [2.75, 3.05) is 31.6 Å². The monoisotopic (exact) mass is 509 g/mol. The number of hydrogen-bond acceptors (Lipinski definition) is 5. The van der Waals surface area contributed by atoms with Crippen LogP contribution < -0.4 is 14.4 Å². The lowest BCUT2D eigenvalue weighted by atomic mass is 10.1. The first kappa shape index (κ1) is 26.7. The Balaban J connectivity index is 2.00. The Morgan fingerprint density at radius 1 is 0.917 bits per heavy atom. The van der Waals surface area contributed by atoms with Crippen molar-refractivity contribution < 1.29 is 22.7 Å². The van der Waals surface area contributed by atoms with E-state index in [2.05, 4.69) is 5.32 Å². The lowest BCUT2D eigenvalue weighted by Crippen LogP contribution is -2.51. The van der Waals surface area contributed by atoms with Crippen molar-refractivity contribution >= 4 is 27.5 Å². The first-order valence-electron chi connectivity index (χ1n) is 11.6. The second-order valence-corrected chi connectivity index (χ2v) is 9.97. The number of rotatable bonds is 11. The van der Waals surface area contributed by atoms with E-state index in [9.17, 15) is 18.0 Å². The average molecular weight is 510 g/mol. The molecule has 3 aromatic carbocycles. The average Bonchev–Trinajstić information content (AvgIpc) is 2.92. The third-order valence-corrected chi connectivity index (χ3v) is 7.64. The Morgan fingerprint density at radius 3 is 2.11 bits per heavy atom. The van der Waals surface area contributed by atoms with Crippen LogP contribution in [0.2, 0.25) is 0 Å². The Hall–Kier alpha value is -3.85. The van der Waals surface area contributed by atoms with Crippen LogP contribution in [0.5, 0.6) is 5.75 Å². The lowest BCUT2D eigenvalue weighted by molar-refractivity contribution is -0.138. The number of carbonyl (C=O) groups excluding carboxylic acids is 2. The van der Waals surface area contributed by atoms with Crippen LogP contribution >= 0.6 is 0 Å². The van der Waals surface area contributed by atoms with E-state index in [1.807, 2.05) is 30.3 Å². The third-order valence-electron chi connectivity index (χ3n) is 5.86. The van der Waals surface area contributed by atoms with Crippen LogP contribution in [-0.4, -0.2) is 58.4 Å². The van der Waals surface area contributed by atoms with Gasteiger partial charge in [-0.2, -0.15) is 0 Å². The summed E-state index contributed by atoms with van der Waals surface area (Å²) in [6.45, 7) is 1.36. The third kappa shape index (κ3) is 6.23. The molecule has 0 aliphatic rings. The van der Waals surface area contributed by atoms with Crippen LogP contribution in [0, 0.1) is 0 Å². The Morgan fingerprint density at radius 2 is 1.50 bits per heavy atom. The Kier molecular flexibility index (Phi) is 9.08. The highest BCUT2D eigenvalue weighted by Gasteiger charge is 2.33. The van der Waals surface area contributed by atoms with Crippen LogP contribution in [0.4, 0.5) is 5.69 Å². The van der Waals surface area contributed by atoms with Crippen LogP contribution in [0.1, 0.15) is 12.5 Å². The second kappa shape index (κ2) is 12.2. The molecule has 0 radical (unpaired) electrons. The summed E-state index contributed by atoms with van der Waals surface area (Å²) in [4.78, 5) is 27.6. The maximum atomic E-state index is 13.7. The number of carbonyl (C=O) groups is 2. The van der Waals surface area contributed by atoms with Gasteiger partial charge in [0.25, 0.3) is 10.0 Å². The molecule has 2 amide bonds. The minimum atomic E-state index is -4.13. The summed E-state index contributed by atoms with van der Waals surface area (Å²) in [6.07, 6.45) is 0.508. The van der Waals surface area contributed by atoms with Gasteiger partial charge < -0.3 is 15.0 Å². The number of benzene rings is 3. The number of likely N-dealkylation sites (N-methyl/N-ethyl adjacent to an activating group) is 1. The van der Waals surface area contributed by atoms with Gasteiger partial charge in [0.2, 0.25) is 11.8 Å². The fraction of sp³-hybridized carbons (Fsp3) is 0.259. The standard InChI is InChI=1S/C27H31N3O5S/c1-21(27(32)28-2)29(19-18-22-12-6-4-7-13-22)26(31)20-30(24-16-10-11-17-25(24)35-3)36(33,34)23-14-8-5-9-15-23/h4-17,21H,18-20H2,1-3H3,(H,28,32)/t21-/m1/s1. The molecule has 36 heavy (non-hydrogen) atoms. The summed E-state index contributed by atoms with van der Waals surface area (Å²) in [5.74, 6) is -0.543. The summed E-state index contributed by atoms with van der Waals surface area (Å²) in [5.41, 5.74) is 1.23. The van der Waals surface area contributed by atoms with Gasteiger partial charge in [-0.1, -0.05) is 60.7 Å². The number of nitrogens with one attached hydrogen (secondary N) is 1. The van der Waals surface area contributed by atoms with Gasteiger partial charge in [0.05, 0.1) is 17.7 Å². The van der Waals surface area contributed by atoms with Crippen LogP contribution in [0.3, 0.4) is 0 Å². The number of amides is 2. The largest absolute Gasteiger partial charge is 0.495 e. The number of anilines is 1. The fourth-order valence-electron chi connectivity index (χ4n) is 3.85. The molecular weight excluding hydrogens is 478 g/mol. The molecule has 0 spiro atoms. The molecule has 8 nitrogen and oxygen atoms in total. The molecule has 0 heterocycles. The molecule has 0 aliphatic heterocycles. The van der Waals surface area contributed by atoms with Gasteiger partial charge in [-0.05, 0) is 43.2 Å². The molecule has 3 aromatic rings. The van der Waals surface area contributed by atoms with Gasteiger partial charge in [-0.15, -0.1) is 0 Å². The van der Waals surface area contributed by atoms with Gasteiger partial charge in [-0.3, -0.25) is 13.9 Å². The smallest absolute Gasteiger partial charge is 0.264 e. The van der Waals surface area contributed by atoms with Gasteiger partial charge in [0, 0.05) is 13.6 Å². The van der Waals surface area contributed by atoms with Gasteiger partial charge >= 0.3 is 0 Å². The predicted octanol–water partition coefficient (Wildman–Crippen LogP) is 3.10. The highest BCUT2D eigenvalue weighted by atomic mass is 32.2. The Bertz CT molecular complexity index is 1270. The first-order valence-corrected chi connectivity index (χ1v) is 13.0. The molecule has 3 rings (SSSR count). The number of ether oxygens (including phenoxy) is 1. The van der Waals surface area contributed by atoms with Crippen molar-refractivity contribution in [3.05, 3.63) is 90.5 Å². The van der Waals surface area contributed by atoms with Crippen LogP contribution in [-0.2, 0) is 26.0 Å². The maximum absolute atomic E-state index is 13.7. The lowest BCUT2D eigenvalue weighted by Gasteiger charge is -2.32. The quantitative estimate of drug-likeness (QED) is 0.429. The topological polar surface area (TPSA) is 96.0 Å². The van der Waals surface area contributed by atoms with Crippen molar-refractivity contribution in [1.82, 2.24) is 10.2 Å². The molecule has 0 saturated carbocycles. The summed E-state index contributed by atoms with van der Waals surface area (Å²) in [5, 5.41) is 2.57. The highest BCUT2D eigenvalue weighted by Crippen LogP contribution is 2.32. The number of nitrogens with zero attached hydrogens (tertiary/aromatic N) is 2. The van der Waals surface area contributed by atoms with Crippen LogP contribution in [0.15, 0.2) is 89.8 Å². The summed E-state index contributed by atoms with van der Waals surface area (Å²) in [6, 6.07) is 23.3. The van der Waals surface area contributed by atoms with Gasteiger partial charge in [0.1, 0.15) is 18.3 Å². The van der Waals surface area contributed by atoms with E-state index in [-0.39, 0.29) is 23.0 Å². The zero-order valence-electron chi connectivity index (χ0n) is 20.6. The number of sulfonamides is 1. The zero-order valence-corrected chi connectivity index (χ0v) is 21.4. The van der Waals surface area contributed by atoms with E-state index in [4.69, 9.17) is 4.74 Å². The molecular formula is C27H31N3O5S. The minimum Gasteiger partial charge on any atom is -0.495 e. The van der Waals surface area contributed by atoms with E-state index in [0.29, 0.717) is 12.2 Å². The summed E-state index contributed by atoms with van der Waals surface area (Å²) >= 11 is 0. The maximum Gasteiger partial charge on any atom is 0.264 e. The second-order valence-electron chi connectivity index (χ2n) is 8.11. The van der Waals surface area contributed by atoms with Crippen molar-refractivity contribution in [3.63, 3.8) is 0 Å². The van der Waals surface area contributed by atoms with E-state index in [1.54, 1.807) is 49.4 Å². The molecule has 0 bridgehead atoms. The molecule has 1 N–H and O–H groups in total. The van der Waals surface area contributed by atoms with E-state index in [1.165, 1.54) is 31.2 Å². The molecule has 9 heteroatoms. The molecule has 190 valence electrons. The molecule has 0 aromatic heterocycles. The van der Waals surface area contributed by atoms with E-state index in [0.717, 1.165) is 9.87 Å². The minimum absolute atomic E-state index is 0.0406.